The van der Waals surface area contributed by atoms with E-state index in [1.165, 1.54) is 10.4 Å². The summed E-state index contributed by atoms with van der Waals surface area (Å²) in [5, 5.41) is 2.16. The summed E-state index contributed by atoms with van der Waals surface area (Å²) < 4.78 is 0. The zero-order valence-electron chi connectivity index (χ0n) is 9.47. The van der Waals surface area contributed by atoms with Gasteiger partial charge in [-0.1, -0.05) is 0 Å². The lowest BCUT2D eigenvalue weighted by Gasteiger charge is -2.26. The van der Waals surface area contributed by atoms with Crippen LogP contribution in [0.1, 0.15) is 16.0 Å². The van der Waals surface area contributed by atoms with Gasteiger partial charge in [0.1, 0.15) is 0 Å². The van der Waals surface area contributed by atoms with Gasteiger partial charge in [-0.2, -0.15) is 0 Å². The number of aromatic nitrogens is 2. The van der Waals surface area contributed by atoms with Gasteiger partial charge < -0.3 is 10.6 Å². The molecule has 5 heteroatoms. The van der Waals surface area contributed by atoms with Crippen molar-refractivity contribution < 1.29 is 0 Å². The van der Waals surface area contributed by atoms with Crippen molar-refractivity contribution in [3.63, 3.8) is 0 Å². The highest BCUT2D eigenvalue weighted by molar-refractivity contribution is 7.10. The van der Waals surface area contributed by atoms with E-state index in [9.17, 15) is 0 Å². The first-order valence-corrected chi connectivity index (χ1v) is 6.56. The summed E-state index contributed by atoms with van der Waals surface area (Å²) >= 11 is 1.84. The van der Waals surface area contributed by atoms with Crippen LogP contribution in [0.15, 0.2) is 23.8 Å². The van der Waals surface area contributed by atoms with Gasteiger partial charge in [0, 0.05) is 42.5 Å². The fraction of sp³-hybridized carbons (Fsp3) is 0.333. The van der Waals surface area contributed by atoms with Gasteiger partial charge in [0.25, 0.3) is 0 Å². The van der Waals surface area contributed by atoms with Crippen molar-refractivity contribution in [3.8, 4) is 0 Å². The predicted molar refractivity (Wildman–Crippen MR) is 69.0 cm³/mol. The van der Waals surface area contributed by atoms with Gasteiger partial charge in [0.05, 0.1) is 0 Å². The summed E-state index contributed by atoms with van der Waals surface area (Å²) in [5.41, 5.74) is 7.92. The van der Waals surface area contributed by atoms with E-state index in [4.69, 9.17) is 5.73 Å². The van der Waals surface area contributed by atoms with E-state index in [0.29, 0.717) is 6.54 Å². The first kappa shape index (κ1) is 10.7. The Bertz CT molecular complexity index is 505. The van der Waals surface area contributed by atoms with Crippen molar-refractivity contribution >= 4 is 17.3 Å². The topological polar surface area (TPSA) is 55.0 Å². The number of rotatable bonds is 2. The molecule has 0 aliphatic carbocycles. The van der Waals surface area contributed by atoms with Crippen molar-refractivity contribution in [2.45, 2.75) is 19.5 Å². The average Bonchev–Trinajstić information content (AvgIpc) is 2.86. The molecule has 4 nitrogen and oxygen atoms in total. The highest BCUT2D eigenvalue weighted by Gasteiger charge is 2.18. The Morgan fingerprint density at radius 2 is 2.18 bits per heavy atom. The molecule has 0 bridgehead atoms. The largest absolute Gasteiger partial charge is 0.336 e. The number of thiophene rings is 1. The van der Waals surface area contributed by atoms with Crippen molar-refractivity contribution in [1.82, 2.24) is 9.97 Å². The lowest BCUT2D eigenvalue weighted by Crippen LogP contribution is -2.30. The quantitative estimate of drug-likeness (QED) is 0.873. The summed E-state index contributed by atoms with van der Waals surface area (Å²) in [6.07, 6.45) is 4.71. The fourth-order valence-electron chi connectivity index (χ4n) is 2.04. The Balaban J connectivity index is 1.81. The van der Waals surface area contributed by atoms with Gasteiger partial charge in [-0.15, -0.1) is 11.3 Å². The molecule has 0 saturated carbocycles. The standard InChI is InChI=1S/C12H14N4S/c13-5-9-6-14-12(15-7-9)16-3-1-11-10(8-16)2-4-17-11/h2,4,6-7H,1,3,5,8,13H2. The summed E-state index contributed by atoms with van der Waals surface area (Å²) in [7, 11) is 0. The molecule has 1 aliphatic heterocycles. The zero-order chi connectivity index (χ0) is 11.7. The van der Waals surface area contributed by atoms with E-state index in [1.807, 2.05) is 23.7 Å². The molecule has 0 radical (unpaired) electrons. The normalized spacial score (nSPS) is 14.8. The zero-order valence-corrected chi connectivity index (χ0v) is 10.3. The van der Waals surface area contributed by atoms with Crippen LogP contribution in [0.4, 0.5) is 5.95 Å². The van der Waals surface area contributed by atoms with Crippen LogP contribution in [0.5, 0.6) is 0 Å². The minimum Gasteiger partial charge on any atom is -0.336 e. The SMILES string of the molecule is NCc1cnc(N2CCc3sccc3C2)nc1. The number of nitrogens with two attached hydrogens (primary N) is 1. The second kappa shape index (κ2) is 4.43. The molecule has 0 saturated heterocycles. The maximum Gasteiger partial charge on any atom is 0.225 e. The van der Waals surface area contributed by atoms with Crippen LogP contribution in [0.2, 0.25) is 0 Å². The molecule has 3 rings (SSSR count). The highest BCUT2D eigenvalue weighted by atomic mass is 32.1. The molecule has 0 fully saturated rings. The highest BCUT2D eigenvalue weighted by Crippen LogP contribution is 2.25. The van der Waals surface area contributed by atoms with Gasteiger partial charge >= 0.3 is 0 Å². The van der Waals surface area contributed by atoms with Gasteiger partial charge in [-0.05, 0) is 23.4 Å². The van der Waals surface area contributed by atoms with Crippen LogP contribution in [0.3, 0.4) is 0 Å². The van der Waals surface area contributed by atoms with Crippen LogP contribution in [-0.2, 0) is 19.5 Å². The molecule has 88 valence electrons. The fourth-order valence-corrected chi connectivity index (χ4v) is 2.93. The van der Waals surface area contributed by atoms with E-state index >= 15 is 0 Å². The van der Waals surface area contributed by atoms with E-state index in [0.717, 1.165) is 31.0 Å². The van der Waals surface area contributed by atoms with E-state index in [1.54, 1.807) is 0 Å². The summed E-state index contributed by atoms with van der Waals surface area (Å²) in [6, 6.07) is 2.19. The molecule has 0 spiro atoms. The number of fused-ring (bicyclic) bond motifs is 1. The van der Waals surface area contributed by atoms with Crippen molar-refractivity contribution in [2.75, 3.05) is 11.4 Å². The summed E-state index contributed by atoms with van der Waals surface area (Å²) in [6.45, 7) is 2.41. The number of anilines is 1. The van der Waals surface area contributed by atoms with Crippen LogP contribution in [0.25, 0.3) is 0 Å². The summed E-state index contributed by atoms with van der Waals surface area (Å²) in [4.78, 5) is 12.5. The minimum absolute atomic E-state index is 0.495. The Morgan fingerprint density at radius 1 is 1.35 bits per heavy atom. The Morgan fingerprint density at radius 3 is 2.94 bits per heavy atom. The molecule has 3 heterocycles. The number of hydrogen-bond acceptors (Lipinski definition) is 5. The predicted octanol–water partition coefficient (Wildman–Crippen LogP) is 1.56. The van der Waals surface area contributed by atoms with E-state index < -0.39 is 0 Å². The lowest BCUT2D eigenvalue weighted by molar-refractivity contribution is 0.716. The van der Waals surface area contributed by atoms with Gasteiger partial charge in [-0.3, -0.25) is 0 Å². The molecule has 0 aromatic carbocycles. The molecule has 2 aromatic heterocycles. The average molecular weight is 246 g/mol. The van der Waals surface area contributed by atoms with Crippen molar-refractivity contribution in [3.05, 3.63) is 39.8 Å². The molecule has 0 atom stereocenters. The molecule has 17 heavy (non-hydrogen) atoms. The van der Waals surface area contributed by atoms with Crippen molar-refractivity contribution in [1.29, 1.82) is 0 Å². The third-order valence-corrected chi connectivity index (χ3v) is 4.04. The second-order valence-corrected chi connectivity index (χ2v) is 5.14. The Labute approximate surface area is 104 Å². The van der Waals surface area contributed by atoms with Crippen molar-refractivity contribution in [2.24, 2.45) is 5.73 Å². The lowest BCUT2D eigenvalue weighted by atomic mass is 10.1. The maximum atomic E-state index is 5.54. The monoisotopic (exact) mass is 246 g/mol. The smallest absolute Gasteiger partial charge is 0.225 e. The molecule has 1 aliphatic rings. The van der Waals surface area contributed by atoms with E-state index in [2.05, 4.69) is 26.3 Å². The number of nitrogens with zero attached hydrogens (tertiary/aromatic N) is 3. The van der Waals surface area contributed by atoms with Crippen LogP contribution < -0.4 is 10.6 Å². The second-order valence-electron chi connectivity index (χ2n) is 4.14. The molecule has 0 unspecified atom stereocenters. The van der Waals surface area contributed by atoms with Crippen LogP contribution in [0, 0.1) is 0 Å². The molecular formula is C12H14N4S. The molecule has 0 amide bonds. The Kier molecular flexibility index (Phi) is 2.78. The van der Waals surface area contributed by atoms with Gasteiger partial charge in [0.15, 0.2) is 0 Å². The molecule has 2 aromatic rings. The molecule has 2 N–H and O–H groups in total. The summed E-state index contributed by atoms with van der Waals surface area (Å²) in [5.74, 6) is 0.805. The first-order valence-electron chi connectivity index (χ1n) is 5.68. The molecular weight excluding hydrogens is 232 g/mol. The van der Waals surface area contributed by atoms with Gasteiger partial charge in [-0.25, -0.2) is 9.97 Å². The third kappa shape index (κ3) is 2.03. The van der Waals surface area contributed by atoms with E-state index in [-0.39, 0.29) is 0 Å². The third-order valence-electron chi connectivity index (χ3n) is 3.02. The maximum absolute atomic E-state index is 5.54. The number of hydrogen-bond donors (Lipinski definition) is 1. The Hall–Kier alpha value is -1.46. The first-order chi connectivity index (χ1) is 8.36. The minimum atomic E-state index is 0.495. The van der Waals surface area contributed by atoms with Crippen LogP contribution in [-0.4, -0.2) is 16.5 Å². The van der Waals surface area contributed by atoms with Crippen LogP contribution >= 0.6 is 11.3 Å². The van der Waals surface area contributed by atoms with Gasteiger partial charge in [0.2, 0.25) is 5.95 Å².